The van der Waals surface area contributed by atoms with Crippen molar-refractivity contribution in [2.24, 2.45) is 5.92 Å². The first-order chi connectivity index (χ1) is 7.12. The average molecular weight is 203 g/mol. The van der Waals surface area contributed by atoms with E-state index in [1.54, 1.807) is 0 Å². The Hall–Kier alpha value is -0.980. The third kappa shape index (κ3) is 2.01. The molecule has 1 nitrogen and oxygen atoms in total. The Morgan fingerprint density at radius 3 is 2.73 bits per heavy atom. The molecule has 0 radical (unpaired) electrons. The second kappa shape index (κ2) is 3.88. The lowest BCUT2D eigenvalue weighted by Crippen LogP contribution is -2.29. The summed E-state index contributed by atoms with van der Waals surface area (Å²) in [6, 6.07) is 8.36. The van der Waals surface area contributed by atoms with Gasteiger partial charge in [0.25, 0.3) is 0 Å². The second-order valence-electron chi connectivity index (χ2n) is 5.35. The standard InChI is InChI=1S/C14H21N/c1-11-6-5-9-14(2,10-11)12-7-3-4-8-13(12)15/h3-4,7-8,11H,5-6,9-10,15H2,1-2H3. The SMILES string of the molecule is CC1CCCC(C)(c2ccccc2N)C1. The van der Waals surface area contributed by atoms with Crippen molar-refractivity contribution in [3.63, 3.8) is 0 Å². The molecule has 1 aromatic carbocycles. The summed E-state index contributed by atoms with van der Waals surface area (Å²) >= 11 is 0. The summed E-state index contributed by atoms with van der Waals surface area (Å²) in [7, 11) is 0. The molecule has 1 saturated carbocycles. The van der Waals surface area contributed by atoms with Gasteiger partial charge in [-0.1, -0.05) is 44.9 Å². The molecular weight excluding hydrogens is 182 g/mol. The van der Waals surface area contributed by atoms with Crippen LogP contribution in [0, 0.1) is 5.92 Å². The summed E-state index contributed by atoms with van der Waals surface area (Å²) in [5.41, 5.74) is 8.72. The number of benzene rings is 1. The quantitative estimate of drug-likeness (QED) is 0.691. The maximum absolute atomic E-state index is 6.08. The molecule has 0 aliphatic heterocycles. The fraction of sp³-hybridized carbons (Fsp3) is 0.571. The molecule has 0 spiro atoms. The van der Waals surface area contributed by atoms with E-state index in [9.17, 15) is 0 Å². The van der Waals surface area contributed by atoms with E-state index in [1.807, 2.05) is 12.1 Å². The predicted molar refractivity (Wildman–Crippen MR) is 65.8 cm³/mol. The van der Waals surface area contributed by atoms with Gasteiger partial charge in [0.05, 0.1) is 0 Å². The van der Waals surface area contributed by atoms with E-state index in [0.717, 1.165) is 11.6 Å². The highest BCUT2D eigenvalue weighted by Crippen LogP contribution is 2.43. The Balaban J connectivity index is 2.32. The maximum Gasteiger partial charge on any atom is 0.0352 e. The molecule has 0 amide bonds. The fourth-order valence-corrected chi connectivity index (χ4v) is 3.11. The minimum Gasteiger partial charge on any atom is -0.398 e. The van der Waals surface area contributed by atoms with Gasteiger partial charge in [0.1, 0.15) is 0 Å². The number of anilines is 1. The highest BCUT2D eigenvalue weighted by Gasteiger charge is 2.32. The number of nitrogen functional groups attached to an aromatic ring is 1. The number of nitrogens with two attached hydrogens (primary N) is 1. The van der Waals surface area contributed by atoms with Gasteiger partial charge in [-0.05, 0) is 35.8 Å². The van der Waals surface area contributed by atoms with Crippen molar-refractivity contribution in [2.45, 2.75) is 44.9 Å². The van der Waals surface area contributed by atoms with Crippen molar-refractivity contribution >= 4 is 5.69 Å². The highest BCUT2D eigenvalue weighted by atomic mass is 14.6. The Morgan fingerprint density at radius 1 is 1.33 bits per heavy atom. The van der Waals surface area contributed by atoms with Gasteiger partial charge in [-0.3, -0.25) is 0 Å². The molecule has 2 N–H and O–H groups in total. The minimum absolute atomic E-state index is 0.309. The average Bonchev–Trinajstić information content (AvgIpc) is 2.17. The third-order valence-corrected chi connectivity index (χ3v) is 3.84. The molecule has 1 fully saturated rings. The third-order valence-electron chi connectivity index (χ3n) is 3.84. The van der Waals surface area contributed by atoms with Crippen LogP contribution >= 0.6 is 0 Å². The van der Waals surface area contributed by atoms with E-state index in [-0.39, 0.29) is 0 Å². The Labute approximate surface area is 92.7 Å². The van der Waals surface area contributed by atoms with Crippen LogP contribution in [0.4, 0.5) is 5.69 Å². The second-order valence-corrected chi connectivity index (χ2v) is 5.35. The van der Waals surface area contributed by atoms with Crippen LogP contribution in [0.15, 0.2) is 24.3 Å². The molecule has 0 heterocycles. The lowest BCUT2D eigenvalue weighted by molar-refractivity contribution is 0.253. The molecule has 1 aliphatic carbocycles. The fourth-order valence-electron chi connectivity index (χ4n) is 3.11. The number of hydrogen-bond donors (Lipinski definition) is 1. The number of hydrogen-bond acceptors (Lipinski definition) is 1. The first-order valence-corrected chi connectivity index (χ1v) is 5.97. The van der Waals surface area contributed by atoms with Crippen molar-refractivity contribution in [1.29, 1.82) is 0 Å². The Morgan fingerprint density at radius 2 is 2.07 bits per heavy atom. The topological polar surface area (TPSA) is 26.0 Å². The van der Waals surface area contributed by atoms with Crippen LogP contribution in [-0.4, -0.2) is 0 Å². The van der Waals surface area contributed by atoms with Crippen LogP contribution in [0.2, 0.25) is 0 Å². The van der Waals surface area contributed by atoms with Crippen LogP contribution in [0.25, 0.3) is 0 Å². The van der Waals surface area contributed by atoms with Gasteiger partial charge in [0, 0.05) is 5.69 Å². The zero-order chi connectivity index (χ0) is 10.9. The summed E-state index contributed by atoms with van der Waals surface area (Å²) in [6.07, 6.45) is 5.28. The van der Waals surface area contributed by atoms with Gasteiger partial charge in [0.2, 0.25) is 0 Å². The normalized spacial score (nSPS) is 31.5. The van der Waals surface area contributed by atoms with Crippen LogP contribution in [0.1, 0.15) is 45.1 Å². The monoisotopic (exact) mass is 203 g/mol. The smallest absolute Gasteiger partial charge is 0.0352 e. The van der Waals surface area contributed by atoms with Crippen molar-refractivity contribution in [3.8, 4) is 0 Å². The van der Waals surface area contributed by atoms with E-state index < -0.39 is 0 Å². The maximum atomic E-state index is 6.08. The molecule has 0 aromatic heterocycles. The van der Waals surface area contributed by atoms with Crippen LogP contribution in [-0.2, 0) is 5.41 Å². The lowest BCUT2D eigenvalue weighted by atomic mass is 9.67. The molecule has 15 heavy (non-hydrogen) atoms. The molecule has 0 saturated heterocycles. The van der Waals surface area contributed by atoms with Crippen molar-refractivity contribution in [3.05, 3.63) is 29.8 Å². The minimum atomic E-state index is 0.309. The number of para-hydroxylation sites is 1. The van der Waals surface area contributed by atoms with E-state index >= 15 is 0 Å². The summed E-state index contributed by atoms with van der Waals surface area (Å²) < 4.78 is 0. The van der Waals surface area contributed by atoms with Crippen molar-refractivity contribution in [1.82, 2.24) is 0 Å². The van der Waals surface area contributed by atoms with Crippen LogP contribution < -0.4 is 5.73 Å². The van der Waals surface area contributed by atoms with Crippen molar-refractivity contribution in [2.75, 3.05) is 5.73 Å². The van der Waals surface area contributed by atoms with Crippen molar-refractivity contribution < 1.29 is 0 Å². The summed E-state index contributed by atoms with van der Waals surface area (Å²) in [4.78, 5) is 0. The van der Waals surface area contributed by atoms with E-state index in [0.29, 0.717) is 5.41 Å². The first kappa shape index (κ1) is 10.5. The van der Waals surface area contributed by atoms with Crippen LogP contribution in [0.3, 0.4) is 0 Å². The molecule has 1 heteroatoms. The summed E-state index contributed by atoms with van der Waals surface area (Å²) in [6.45, 7) is 4.73. The largest absolute Gasteiger partial charge is 0.398 e. The van der Waals surface area contributed by atoms with E-state index in [4.69, 9.17) is 5.73 Å². The molecule has 2 atom stereocenters. The van der Waals surface area contributed by atoms with Gasteiger partial charge in [-0.25, -0.2) is 0 Å². The van der Waals surface area contributed by atoms with Gasteiger partial charge < -0.3 is 5.73 Å². The molecule has 82 valence electrons. The lowest BCUT2D eigenvalue weighted by Gasteiger charge is -2.38. The summed E-state index contributed by atoms with van der Waals surface area (Å²) in [5.74, 6) is 0.836. The van der Waals surface area contributed by atoms with Gasteiger partial charge >= 0.3 is 0 Å². The zero-order valence-electron chi connectivity index (χ0n) is 9.79. The zero-order valence-corrected chi connectivity index (χ0v) is 9.79. The number of rotatable bonds is 1. The molecule has 0 bridgehead atoms. The van der Waals surface area contributed by atoms with Gasteiger partial charge in [-0.2, -0.15) is 0 Å². The molecule has 1 aliphatic rings. The molecule has 1 aromatic rings. The Kier molecular flexibility index (Phi) is 2.72. The van der Waals surface area contributed by atoms with E-state index in [1.165, 1.54) is 31.2 Å². The van der Waals surface area contributed by atoms with Gasteiger partial charge in [-0.15, -0.1) is 0 Å². The van der Waals surface area contributed by atoms with Crippen LogP contribution in [0.5, 0.6) is 0 Å². The van der Waals surface area contributed by atoms with Gasteiger partial charge in [0.15, 0.2) is 0 Å². The predicted octanol–water partition coefficient (Wildman–Crippen LogP) is 3.74. The van der Waals surface area contributed by atoms with E-state index in [2.05, 4.69) is 26.0 Å². The summed E-state index contributed by atoms with van der Waals surface area (Å²) in [5, 5.41) is 0. The molecule has 2 unspecified atom stereocenters. The molecule has 2 rings (SSSR count). The highest BCUT2D eigenvalue weighted by molar-refractivity contribution is 5.50. The first-order valence-electron chi connectivity index (χ1n) is 5.97. The molecular formula is C14H21N. The Bertz CT molecular complexity index is 345.